The zero-order valence-corrected chi connectivity index (χ0v) is 50.4. The lowest BCUT2D eigenvalue weighted by Crippen LogP contribution is -2.52. The van der Waals surface area contributed by atoms with Crippen molar-refractivity contribution in [3.63, 3.8) is 0 Å². The number of nitrogens with zero attached hydrogens (tertiary/aromatic N) is 6. The zero-order chi connectivity index (χ0) is 60.8. The fourth-order valence-electron chi connectivity index (χ4n) is 12.4. The molecule has 20 nitrogen and oxygen atoms in total. The predicted molar refractivity (Wildman–Crippen MR) is 332 cm³/mol. The highest BCUT2D eigenvalue weighted by atomic mass is 35.5. The van der Waals surface area contributed by atoms with Gasteiger partial charge in [0, 0.05) is 124 Å². The van der Waals surface area contributed by atoms with E-state index in [2.05, 4.69) is 77.8 Å². The lowest BCUT2D eigenvalue weighted by molar-refractivity contribution is -0.384. The summed E-state index contributed by atoms with van der Waals surface area (Å²) in [5.41, 5.74) is 7.42. The number of carbonyl (C=O) groups excluding carboxylic acids is 4. The highest BCUT2D eigenvalue weighted by Gasteiger charge is 2.40. The van der Waals surface area contributed by atoms with Crippen molar-refractivity contribution in [2.45, 2.75) is 89.1 Å². The molecule has 11 rings (SSSR count). The Morgan fingerprint density at radius 2 is 1.77 bits per heavy atom. The number of benzene rings is 4. The molecule has 454 valence electrons. The van der Waals surface area contributed by atoms with Crippen molar-refractivity contribution in [1.29, 1.82) is 0 Å². The van der Waals surface area contributed by atoms with Gasteiger partial charge in [-0.05, 0) is 140 Å². The number of rotatable bonds is 20. The smallest absolute Gasteiger partial charge is 0.293 e. The number of carbonyl (C=O) groups is 4. The van der Waals surface area contributed by atoms with E-state index < -0.39 is 43.4 Å². The SMILES string of the molecule is CC1(C)CCC(CN2CCN(c3ccc(C(=O)NS(=O)(=O)c4ccc(NCC5CCCN(CCOCCCC#Cc6cccc7c6CN(C6CCC(=O)NC6=O)C7=O)C5)c([N+](=O)[O-])c4)c(Oc4cnc5[nH]ccc5c4)c3)CC2)=C(c2ccc(Cl)cc2)C1. The van der Waals surface area contributed by atoms with Crippen molar-refractivity contribution in [1.82, 2.24) is 34.7 Å². The second kappa shape index (κ2) is 26.5. The molecule has 22 heteroatoms. The fraction of sp³-hybridized carbons (Fsp3) is 0.400. The highest BCUT2D eigenvalue weighted by molar-refractivity contribution is 7.90. The number of unbranched alkanes of at least 4 members (excludes halogenated alkanes) is 1. The molecule has 4 aliphatic heterocycles. The second-order valence-corrected chi connectivity index (χ2v) is 26.0. The van der Waals surface area contributed by atoms with E-state index in [-0.39, 0.29) is 53.1 Å². The third-order valence-electron chi connectivity index (χ3n) is 17.2. The first kappa shape index (κ1) is 60.6. The number of aromatic amines is 1. The third-order valence-corrected chi connectivity index (χ3v) is 18.8. The molecule has 0 radical (unpaired) electrons. The number of amides is 4. The molecule has 2 unspecified atom stereocenters. The van der Waals surface area contributed by atoms with Crippen LogP contribution in [0.15, 0.2) is 114 Å². The number of piperidine rings is 2. The third kappa shape index (κ3) is 14.5. The summed E-state index contributed by atoms with van der Waals surface area (Å²) in [6.07, 6.45) is 10.0. The number of fused-ring (bicyclic) bond motifs is 2. The van der Waals surface area contributed by atoms with Crippen LogP contribution < -0.4 is 25.0 Å². The number of ether oxygens (including phenoxy) is 2. The molecule has 6 heterocycles. The first-order valence-electron chi connectivity index (χ1n) is 29.8. The molecule has 0 bridgehead atoms. The summed E-state index contributed by atoms with van der Waals surface area (Å²) < 4.78 is 42.5. The van der Waals surface area contributed by atoms with Crippen LogP contribution in [-0.4, -0.2) is 140 Å². The molecule has 6 aromatic rings. The number of aromatic nitrogens is 2. The number of nitro benzene ring substituents is 1. The van der Waals surface area contributed by atoms with E-state index in [0.29, 0.717) is 75.6 Å². The average Bonchev–Trinajstić information content (AvgIpc) is 2.13. The van der Waals surface area contributed by atoms with Crippen molar-refractivity contribution >= 4 is 78.9 Å². The van der Waals surface area contributed by atoms with E-state index in [1.54, 1.807) is 36.5 Å². The van der Waals surface area contributed by atoms with E-state index in [4.69, 9.17) is 21.1 Å². The first-order valence-corrected chi connectivity index (χ1v) is 31.6. The number of hydrogen-bond donors (Lipinski definition) is 4. The van der Waals surface area contributed by atoms with Crippen LogP contribution >= 0.6 is 11.6 Å². The molecule has 2 aromatic heterocycles. The molecule has 4 aromatic carbocycles. The Morgan fingerprint density at radius 1 is 0.943 bits per heavy atom. The van der Waals surface area contributed by atoms with Gasteiger partial charge in [0.05, 0.1) is 28.2 Å². The molecule has 0 saturated carbocycles. The largest absolute Gasteiger partial charge is 0.455 e. The average molecular weight is 1220 g/mol. The van der Waals surface area contributed by atoms with Crippen LogP contribution in [0.5, 0.6) is 11.5 Å². The van der Waals surface area contributed by atoms with Crippen LogP contribution in [0.1, 0.15) is 109 Å². The number of piperazine rings is 1. The van der Waals surface area contributed by atoms with Gasteiger partial charge >= 0.3 is 0 Å². The number of nitrogens with one attached hydrogen (secondary N) is 4. The number of hydrogen-bond acceptors (Lipinski definition) is 15. The number of likely N-dealkylation sites (tertiary alicyclic amines) is 1. The number of halogens is 1. The minimum atomic E-state index is -4.64. The maximum absolute atomic E-state index is 14.2. The van der Waals surface area contributed by atoms with Gasteiger partial charge in [-0.25, -0.2) is 18.1 Å². The normalized spacial score (nSPS) is 19.1. The summed E-state index contributed by atoms with van der Waals surface area (Å²) in [7, 11) is -4.64. The number of imide groups is 1. The summed E-state index contributed by atoms with van der Waals surface area (Å²) >= 11 is 6.27. The summed E-state index contributed by atoms with van der Waals surface area (Å²) in [6, 6.07) is 25.1. The van der Waals surface area contributed by atoms with E-state index in [9.17, 15) is 37.7 Å². The molecular weight excluding hydrogens is 1150 g/mol. The van der Waals surface area contributed by atoms with Crippen LogP contribution in [0.25, 0.3) is 16.6 Å². The summed E-state index contributed by atoms with van der Waals surface area (Å²) in [5, 5.41) is 19.5. The fourth-order valence-corrected chi connectivity index (χ4v) is 13.5. The van der Waals surface area contributed by atoms with E-state index in [1.165, 1.54) is 46.0 Å². The second-order valence-electron chi connectivity index (χ2n) is 23.9. The standard InChI is InChI=1S/C65H71ClN10O10S/c1-65(2)24-22-47(54(37-65)45-12-14-48(66)15-13-45)41-73-27-29-74(30-28-73)49-16-18-53(59(35-49)86-50-34-46-23-25-67-61(46)69-39-50)62(78)71-87(83,84)51-17-19-56(58(36-51)76(81)82)68-38-43-8-7-26-72(40-43)31-33-85-32-5-3-4-9-44-10-6-11-52-55(44)42-75(64(52)80)57-20-21-60(77)70-63(57)79/h6,10-19,23,25,34-36,39,43,57,68H,3,5,7-8,20-22,24,26-33,37-38,40-42H2,1-2H3,(H,67,69)(H,71,78)(H,70,77,79). The first-order chi connectivity index (χ1) is 41.9. The van der Waals surface area contributed by atoms with Gasteiger partial charge in [0.1, 0.15) is 28.9 Å². The van der Waals surface area contributed by atoms with Gasteiger partial charge in [-0.15, -0.1) is 0 Å². The molecule has 5 aliphatic rings. The Balaban J connectivity index is 0.674. The van der Waals surface area contributed by atoms with Crippen LogP contribution in [-0.2, 0) is 30.9 Å². The maximum Gasteiger partial charge on any atom is 0.293 e. The van der Waals surface area contributed by atoms with Gasteiger partial charge in [0.15, 0.2) is 0 Å². The van der Waals surface area contributed by atoms with E-state index in [0.717, 1.165) is 98.1 Å². The Morgan fingerprint density at radius 3 is 2.57 bits per heavy atom. The molecular formula is C65H71ClN10O10S. The van der Waals surface area contributed by atoms with Crippen molar-refractivity contribution in [2.24, 2.45) is 11.3 Å². The van der Waals surface area contributed by atoms with Crippen LogP contribution in [0.3, 0.4) is 0 Å². The zero-order valence-electron chi connectivity index (χ0n) is 48.9. The Hall–Kier alpha value is -8.13. The van der Waals surface area contributed by atoms with Crippen LogP contribution in [0.2, 0.25) is 5.02 Å². The minimum absolute atomic E-state index is 0.0593. The molecule has 2 atom stereocenters. The summed E-state index contributed by atoms with van der Waals surface area (Å²) in [4.78, 5) is 79.0. The maximum atomic E-state index is 14.2. The van der Waals surface area contributed by atoms with E-state index >= 15 is 0 Å². The highest BCUT2D eigenvalue weighted by Crippen LogP contribution is 2.44. The van der Waals surface area contributed by atoms with Crippen LogP contribution in [0.4, 0.5) is 17.1 Å². The van der Waals surface area contributed by atoms with E-state index in [1.807, 2.05) is 24.3 Å². The quantitative estimate of drug-likeness (QED) is 0.0183. The predicted octanol–water partition coefficient (Wildman–Crippen LogP) is 9.55. The summed E-state index contributed by atoms with van der Waals surface area (Å²) in [5.74, 6) is 5.00. The number of sulfonamides is 1. The van der Waals surface area contributed by atoms with Gasteiger partial charge in [-0.3, -0.25) is 39.5 Å². The molecule has 3 saturated heterocycles. The number of nitro groups is 1. The van der Waals surface area contributed by atoms with Gasteiger partial charge in [-0.2, -0.15) is 0 Å². The Labute approximate surface area is 511 Å². The number of allylic oxidation sites excluding steroid dienone is 1. The topological polar surface area (TPSA) is 242 Å². The number of anilines is 2. The van der Waals surface area contributed by atoms with Crippen molar-refractivity contribution in [2.75, 3.05) is 82.3 Å². The van der Waals surface area contributed by atoms with Gasteiger partial charge in [0.2, 0.25) is 11.8 Å². The molecule has 1 aliphatic carbocycles. The van der Waals surface area contributed by atoms with Gasteiger partial charge in [-0.1, -0.05) is 61.1 Å². The van der Waals surface area contributed by atoms with Crippen molar-refractivity contribution < 1.29 is 42.0 Å². The molecule has 4 N–H and O–H groups in total. The minimum Gasteiger partial charge on any atom is -0.455 e. The number of H-pyrrole nitrogens is 1. The molecule has 4 amide bonds. The molecule has 3 fully saturated rings. The molecule has 0 spiro atoms. The van der Waals surface area contributed by atoms with Crippen molar-refractivity contribution in [3.05, 3.63) is 152 Å². The monoisotopic (exact) mass is 1220 g/mol. The Kier molecular flexibility index (Phi) is 18.4. The summed E-state index contributed by atoms with van der Waals surface area (Å²) in [6.45, 7) is 12.6. The van der Waals surface area contributed by atoms with Crippen LogP contribution in [0, 0.1) is 33.3 Å². The Bertz CT molecular complexity index is 3830. The lowest BCUT2D eigenvalue weighted by atomic mass is 9.72. The lowest BCUT2D eigenvalue weighted by Gasteiger charge is -2.39. The molecule has 87 heavy (non-hydrogen) atoms. The van der Waals surface area contributed by atoms with Crippen molar-refractivity contribution in [3.8, 4) is 23.3 Å². The van der Waals surface area contributed by atoms with Gasteiger partial charge < -0.3 is 34.5 Å². The van der Waals surface area contributed by atoms with Gasteiger partial charge in [0.25, 0.3) is 27.5 Å². The number of pyridine rings is 1.